The van der Waals surface area contributed by atoms with Crippen LogP contribution in [-0.2, 0) is 16.1 Å². The fourth-order valence-corrected chi connectivity index (χ4v) is 1.76. The van der Waals surface area contributed by atoms with Crippen molar-refractivity contribution in [3.8, 4) is 5.75 Å². The molecule has 0 aliphatic rings. The highest BCUT2D eigenvalue weighted by atomic mass is 16.5. The minimum absolute atomic E-state index is 0.114. The molecule has 0 spiro atoms. The number of amides is 1. The molecule has 0 radical (unpaired) electrons. The van der Waals surface area contributed by atoms with Crippen molar-refractivity contribution in [3.05, 3.63) is 36.0 Å². The van der Waals surface area contributed by atoms with Gasteiger partial charge in [-0.1, -0.05) is 5.16 Å². The van der Waals surface area contributed by atoms with E-state index in [-0.39, 0.29) is 19.1 Å². The van der Waals surface area contributed by atoms with E-state index in [1.54, 1.807) is 38.3 Å². The lowest BCUT2D eigenvalue weighted by Crippen LogP contribution is -2.30. The number of methoxy groups -OCH3 is 1. The van der Waals surface area contributed by atoms with E-state index in [4.69, 9.17) is 14.0 Å². The van der Waals surface area contributed by atoms with Gasteiger partial charge in [-0.15, -0.1) is 0 Å². The zero-order valence-corrected chi connectivity index (χ0v) is 13.2. The van der Waals surface area contributed by atoms with E-state index in [1.807, 2.05) is 0 Å². The summed E-state index contributed by atoms with van der Waals surface area (Å²) in [6.45, 7) is 3.38. The number of hydrogen-bond acceptors (Lipinski definition) is 7. The number of aromatic nitrogens is 2. The van der Waals surface area contributed by atoms with Crippen LogP contribution in [0.2, 0.25) is 0 Å². The Morgan fingerprint density at radius 3 is 2.74 bits per heavy atom. The molecule has 2 aromatic rings. The van der Waals surface area contributed by atoms with Crippen molar-refractivity contribution in [2.45, 2.75) is 13.5 Å². The van der Waals surface area contributed by atoms with E-state index in [0.29, 0.717) is 36.3 Å². The predicted octanol–water partition coefficient (Wildman–Crippen LogP) is 1.13. The van der Waals surface area contributed by atoms with Gasteiger partial charge in [-0.05, 0) is 24.3 Å². The van der Waals surface area contributed by atoms with Crippen LogP contribution in [-0.4, -0.2) is 42.9 Å². The van der Waals surface area contributed by atoms with Gasteiger partial charge >= 0.3 is 0 Å². The molecule has 2 rings (SSSR count). The van der Waals surface area contributed by atoms with E-state index in [1.165, 1.54) is 0 Å². The monoisotopic (exact) mass is 320 g/mol. The highest BCUT2D eigenvalue weighted by Crippen LogP contribution is 2.16. The van der Waals surface area contributed by atoms with Crippen molar-refractivity contribution < 1.29 is 18.8 Å². The number of nitrogens with zero attached hydrogens (tertiary/aromatic N) is 2. The maximum absolute atomic E-state index is 11.7. The molecule has 1 amide bonds. The minimum atomic E-state index is -0.114. The second-order valence-electron chi connectivity index (χ2n) is 4.76. The largest absolute Gasteiger partial charge is 0.485 e. The van der Waals surface area contributed by atoms with Gasteiger partial charge in [0, 0.05) is 26.3 Å². The molecular weight excluding hydrogens is 300 g/mol. The first-order chi connectivity index (χ1) is 11.2. The summed E-state index contributed by atoms with van der Waals surface area (Å²) in [6, 6.07) is 7.07. The van der Waals surface area contributed by atoms with E-state index in [2.05, 4.69) is 20.8 Å². The summed E-state index contributed by atoms with van der Waals surface area (Å²) in [5.41, 5.74) is 0.700. The molecule has 0 aliphatic carbocycles. The average Bonchev–Trinajstić information content (AvgIpc) is 2.96. The van der Waals surface area contributed by atoms with Gasteiger partial charge in [0.25, 0.3) is 0 Å². The van der Waals surface area contributed by atoms with Crippen LogP contribution in [0.1, 0.15) is 11.7 Å². The molecule has 1 aromatic heterocycles. The first kappa shape index (κ1) is 16.9. The molecule has 0 aliphatic heterocycles. The van der Waals surface area contributed by atoms with Gasteiger partial charge in [0.15, 0.2) is 6.61 Å². The number of carbonyl (C=O) groups excluding carboxylic acids is 1. The van der Waals surface area contributed by atoms with Crippen LogP contribution in [0.25, 0.3) is 0 Å². The Labute approximate surface area is 134 Å². The standard InChI is InChI=1S/C15H20N4O4/c1-11-17-14(19-23-11)10-22-13-5-3-12(4-6-13)18-15(20)9-16-7-8-21-2/h3-6,16H,7-10H2,1-2H3,(H,18,20). The SMILES string of the molecule is COCCNCC(=O)Nc1ccc(OCc2noc(C)n2)cc1. The van der Waals surface area contributed by atoms with Gasteiger partial charge in [-0.2, -0.15) is 4.98 Å². The molecule has 0 unspecified atom stereocenters. The molecule has 0 bridgehead atoms. The zero-order valence-electron chi connectivity index (χ0n) is 13.2. The maximum atomic E-state index is 11.7. The second-order valence-corrected chi connectivity index (χ2v) is 4.76. The zero-order chi connectivity index (χ0) is 16.5. The summed E-state index contributed by atoms with van der Waals surface area (Å²) in [7, 11) is 1.62. The average molecular weight is 320 g/mol. The lowest BCUT2D eigenvalue weighted by Gasteiger charge is -2.08. The summed E-state index contributed by atoms with van der Waals surface area (Å²) < 4.78 is 15.3. The van der Waals surface area contributed by atoms with Gasteiger partial charge in [0.2, 0.25) is 17.6 Å². The van der Waals surface area contributed by atoms with Gasteiger partial charge in [0.1, 0.15) is 5.75 Å². The highest BCUT2D eigenvalue weighted by molar-refractivity contribution is 5.92. The third-order valence-electron chi connectivity index (χ3n) is 2.84. The lowest BCUT2D eigenvalue weighted by molar-refractivity contribution is -0.115. The highest BCUT2D eigenvalue weighted by Gasteiger charge is 2.04. The van der Waals surface area contributed by atoms with Crippen LogP contribution in [0, 0.1) is 6.92 Å². The number of carbonyl (C=O) groups is 1. The van der Waals surface area contributed by atoms with Gasteiger partial charge in [0.05, 0.1) is 13.2 Å². The van der Waals surface area contributed by atoms with Crippen molar-refractivity contribution in [2.24, 2.45) is 0 Å². The Morgan fingerprint density at radius 2 is 2.09 bits per heavy atom. The smallest absolute Gasteiger partial charge is 0.238 e. The Kier molecular flexibility index (Phi) is 6.52. The van der Waals surface area contributed by atoms with Crippen molar-refractivity contribution in [1.29, 1.82) is 0 Å². The molecule has 23 heavy (non-hydrogen) atoms. The van der Waals surface area contributed by atoms with Crippen molar-refractivity contribution in [1.82, 2.24) is 15.5 Å². The van der Waals surface area contributed by atoms with Crippen LogP contribution in [0.5, 0.6) is 5.75 Å². The van der Waals surface area contributed by atoms with Crippen LogP contribution in [0.4, 0.5) is 5.69 Å². The van der Waals surface area contributed by atoms with Crippen LogP contribution < -0.4 is 15.4 Å². The third-order valence-corrected chi connectivity index (χ3v) is 2.84. The van der Waals surface area contributed by atoms with Crippen LogP contribution in [0.15, 0.2) is 28.8 Å². The van der Waals surface area contributed by atoms with E-state index >= 15 is 0 Å². The van der Waals surface area contributed by atoms with E-state index in [9.17, 15) is 4.79 Å². The molecule has 1 heterocycles. The fourth-order valence-electron chi connectivity index (χ4n) is 1.76. The summed E-state index contributed by atoms with van der Waals surface area (Å²) in [5.74, 6) is 1.53. The van der Waals surface area contributed by atoms with Gasteiger partial charge in [-0.25, -0.2) is 0 Å². The fraction of sp³-hybridized carbons (Fsp3) is 0.400. The molecule has 0 saturated carbocycles. The topological polar surface area (TPSA) is 98.5 Å². The Morgan fingerprint density at radius 1 is 1.30 bits per heavy atom. The molecule has 1 aromatic carbocycles. The molecule has 8 heteroatoms. The van der Waals surface area contributed by atoms with Crippen molar-refractivity contribution >= 4 is 11.6 Å². The number of hydrogen-bond donors (Lipinski definition) is 2. The second kappa shape index (κ2) is 8.86. The maximum Gasteiger partial charge on any atom is 0.238 e. The number of rotatable bonds is 9. The van der Waals surface area contributed by atoms with Crippen LogP contribution in [0.3, 0.4) is 0 Å². The Hall–Kier alpha value is -2.45. The number of anilines is 1. The molecule has 0 atom stereocenters. The molecule has 0 fully saturated rings. The predicted molar refractivity (Wildman–Crippen MR) is 83.2 cm³/mol. The van der Waals surface area contributed by atoms with Crippen LogP contribution >= 0.6 is 0 Å². The van der Waals surface area contributed by atoms with Crippen molar-refractivity contribution in [3.63, 3.8) is 0 Å². The minimum Gasteiger partial charge on any atom is -0.485 e. The molecule has 124 valence electrons. The van der Waals surface area contributed by atoms with E-state index in [0.717, 1.165) is 0 Å². The third kappa shape index (κ3) is 6.05. The Balaban J connectivity index is 1.74. The summed E-state index contributed by atoms with van der Waals surface area (Å²) >= 11 is 0. The Bertz CT molecular complexity index is 612. The molecule has 8 nitrogen and oxygen atoms in total. The summed E-state index contributed by atoms with van der Waals surface area (Å²) in [6.07, 6.45) is 0. The number of nitrogens with one attached hydrogen (secondary N) is 2. The normalized spacial score (nSPS) is 10.5. The van der Waals surface area contributed by atoms with Gasteiger partial charge < -0.3 is 24.6 Å². The first-order valence-electron chi connectivity index (χ1n) is 7.19. The van der Waals surface area contributed by atoms with Crippen molar-refractivity contribution in [2.75, 3.05) is 32.1 Å². The quantitative estimate of drug-likeness (QED) is 0.668. The summed E-state index contributed by atoms with van der Waals surface area (Å²) in [5, 5.41) is 9.50. The van der Waals surface area contributed by atoms with E-state index < -0.39 is 0 Å². The number of benzene rings is 1. The summed E-state index contributed by atoms with van der Waals surface area (Å²) in [4.78, 5) is 15.7. The molecule has 2 N–H and O–H groups in total. The van der Waals surface area contributed by atoms with Gasteiger partial charge in [-0.3, -0.25) is 4.79 Å². The number of aryl methyl sites for hydroxylation is 1. The molecule has 0 saturated heterocycles. The first-order valence-corrected chi connectivity index (χ1v) is 7.19. The number of ether oxygens (including phenoxy) is 2. The molecular formula is C15H20N4O4. The lowest BCUT2D eigenvalue weighted by atomic mass is 10.3.